The summed E-state index contributed by atoms with van der Waals surface area (Å²) in [5, 5.41) is 3.17. The third-order valence-corrected chi connectivity index (χ3v) is 4.19. The summed E-state index contributed by atoms with van der Waals surface area (Å²) in [4.78, 5) is 14.2. The Bertz CT molecular complexity index is 480. The van der Waals surface area contributed by atoms with Gasteiger partial charge in [-0.1, -0.05) is 6.07 Å². The fraction of sp³-hybridized carbons (Fsp3) is 0.533. The number of nitrogens with two attached hydrogens (primary N) is 1. The number of piperidine rings is 1. The highest BCUT2D eigenvalue weighted by Gasteiger charge is 2.26. The molecule has 1 aromatic rings. The summed E-state index contributed by atoms with van der Waals surface area (Å²) in [6.45, 7) is 1.79. The van der Waals surface area contributed by atoms with Crippen LogP contribution in [-0.4, -0.2) is 24.0 Å². The van der Waals surface area contributed by atoms with Crippen molar-refractivity contribution in [3.63, 3.8) is 0 Å². The van der Waals surface area contributed by atoms with Crippen LogP contribution in [0.3, 0.4) is 0 Å². The van der Waals surface area contributed by atoms with Crippen molar-refractivity contribution >= 4 is 11.7 Å². The molecule has 0 spiro atoms. The molecule has 0 aromatic heterocycles. The second-order valence-corrected chi connectivity index (χ2v) is 5.55. The summed E-state index contributed by atoms with van der Waals surface area (Å²) in [5.74, 6) is 0. The number of carbonyl (C=O) groups is 1. The van der Waals surface area contributed by atoms with E-state index in [2.05, 4.69) is 11.4 Å². The Kier molecular flexibility index (Phi) is 3.32. The van der Waals surface area contributed by atoms with E-state index in [1.54, 1.807) is 0 Å². The van der Waals surface area contributed by atoms with Gasteiger partial charge in [0.15, 0.2) is 0 Å². The highest BCUT2D eigenvalue weighted by Crippen LogP contribution is 2.32. The molecule has 102 valence electrons. The van der Waals surface area contributed by atoms with Gasteiger partial charge in [-0.15, -0.1) is 0 Å². The average Bonchev–Trinajstić information content (AvgIpc) is 2.82. The number of benzene rings is 1. The summed E-state index contributed by atoms with van der Waals surface area (Å²) >= 11 is 0. The van der Waals surface area contributed by atoms with Crippen LogP contribution in [0.15, 0.2) is 18.2 Å². The van der Waals surface area contributed by atoms with E-state index in [1.165, 1.54) is 17.5 Å². The number of hydrogen-bond donors (Lipinski definition) is 2. The summed E-state index contributed by atoms with van der Waals surface area (Å²) in [5.41, 5.74) is 9.12. The minimum atomic E-state index is 0.0920. The molecule has 2 aliphatic rings. The normalized spacial score (nSPS) is 22.1. The van der Waals surface area contributed by atoms with E-state index in [4.69, 9.17) is 5.73 Å². The van der Waals surface area contributed by atoms with Gasteiger partial charge in [0, 0.05) is 18.8 Å². The molecule has 0 saturated carbocycles. The molecule has 0 bridgehead atoms. The van der Waals surface area contributed by atoms with E-state index in [1.807, 2.05) is 17.0 Å². The molecule has 1 atom stereocenters. The van der Waals surface area contributed by atoms with E-state index in [0.29, 0.717) is 0 Å². The molecule has 4 heteroatoms. The molecule has 1 saturated heterocycles. The molecule has 1 aromatic carbocycles. The molecule has 2 amide bonds. The zero-order chi connectivity index (χ0) is 13.2. The van der Waals surface area contributed by atoms with Crippen LogP contribution in [0.1, 0.15) is 42.9 Å². The van der Waals surface area contributed by atoms with Crippen molar-refractivity contribution < 1.29 is 4.79 Å². The zero-order valence-corrected chi connectivity index (χ0v) is 11.2. The van der Waals surface area contributed by atoms with Crippen molar-refractivity contribution in [2.24, 2.45) is 0 Å². The number of aryl methyl sites for hydroxylation is 1. The number of amides is 2. The van der Waals surface area contributed by atoms with Crippen LogP contribution in [-0.2, 0) is 6.42 Å². The molecule has 0 radical (unpaired) electrons. The first kappa shape index (κ1) is 12.3. The van der Waals surface area contributed by atoms with Gasteiger partial charge in [0.2, 0.25) is 0 Å². The van der Waals surface area contributed by atoms with Crippen LogP contribution in [0.5, 0.6) is 0 Å². The van der Waals surface area contributed by atoms with Crippen LogP contribution >= 0.6 is 0 Å². The first-order chi connectivity index (χ1) is 9.24. The van der Waals surface area contributed by atoms with Crippen molar-refractivity contribution in [2.75, 3.05) is 18.8 Å². The smallest absolute Gasteiger partial charge is 0.317 e. The molecule has 1 aliphatic heterocycles. The lowest BCUT2D eigenvalue weighted by molar-refractivity contribution is 0.182. The number of hydrogen-bond acceptors (Lipinski definition) is 2. The molecule has 4 nitrogen and oxygen atoms in total. The minimum absolute atomic E-state index is 0.0920. The molecule has 1 heterocycles. The molecule has 1 unspecified atom stereocenters. The third-order valence-electron chi connectivity index (χ3n) is 4.19. The molecular weight excluding hydrogens is 238 g/mol. The van der Waals surface area contributed by atoms with Crippen molar-refractivity contribution in [3.05, 3.63) is 29.3 Å². The third kappa shape index (κ3) is 2.53. The number of nitrogens with zero attached hydrogens (tertiary/aromatic N) is 1. The summed E-state index contributed by atoms with van der Waals surface area (Å²) in [7, 11) is 0. The largest absolute Gasteiger partial charge is 0.399 e. The van der Waals surface area contributed by atoms with Crippen LogP contribution in [0, 0.1) is 0 Å². The maximum Gasteiger partial charge on any atom is 0.317 e. The number of urea groups is 1. The van der Waals surface area contributed by atoms with Crippen molar-refractivity contribution in [1.29, 1.82) is 0 Å². The number of anilines is 1. The van der Waals surface area contributed by atoms with Crippen LogP contribution < -0.4 is 11.1 Å². The van der Waals surface area contributed by atoms with Gasteiger partial charge < -0.3 is 16.0 Å². The van der Waals surface area contributed by atoms with Gasteiger partial charge in [-0.3, -0.25) is 0 Å². The first-order valence-corrected chi connectivity index (χ1v) is 7.18. The van der Waals surface area contributed by atoms with Crippen LogP contribution in [0.2, 0.25) is 0 Å². The van der Waals surface area contributed by atoms with Crippen molar-refractivity contribution in [2.45, 2.75) is 38.1 Å². The van der Waals surface area contributed by atoms with Gasteiger partial charge in [0.05, 0.1) is 6.04 Å². The predicted molar refractivity (Wildman–Crippen MR) is 75.9 cm³/mol. The second kappa shape index (κ2) is 5.11. The lowest BCUT2D eigenvalue weighted by Crippen LogP contribution is -2.43. The highest BCUT2D eigenvalue weighted by atomic mass is 16.2. The number of fused-ring (bicyclic) bond motifs is 1. The fourth-order valence-corrected chi connectivity index (χ4v) is 3.12. The number of carbonyl (C=O) groups excluding carboxylic acids is 1. The SMILES string of the molecule is Nc1ccc2c(c1)CCC2NC(=O)N1CCCCC1. The predicted octanol–water partition coefficient (Wildman–Crippen LogP) is 2.45. The lowest BCUT2D eigenvalue weighted by Gasteiger charge is -2.28. The maximum atomic E-state index is 12.2. The van der Waals surface area contributed by atoms with Gasteiger partial charge >= 0.3 is 6.03 Å². The first-order valence-electron chi connectivity index (χ1n) is 7.18. The summed E-state index contributed by atoms with van der Waals surface area (Å²) < 4.78 is 0. The van der Waals surface area contributed by atoms with Gasteiger partial charge in [0.25, 0.3) is 0 Å². The van der Waals surface area contributed by atoms with Crippen LogP contribution in [0.4, 0.5) is 10.5 Å². The van der Waals surface area contributed by atoms with Crippen LogP contribution in [0.25, 0.3) is 0 Å². The average molecular weight is 259 g/mol. The zero-order valence-electron chi connectivity index (χ0n) is 11.2. The Hall–Kier alpha value is -1.71. The summed E-state index contributed by atoms with van der Waals surface area (Å²) in [6, 6.07) is 6.25. The molecule has 1 fully saturated rings. The van der Waals surface area contributed by atoms with Gasteiger partial charge in [-0.2, -0.15) is 0 Å². The Morgan fingerprint density at radius 3 is 2.84 bits per heavy atom. The Labute approximate surface area is 114 Å². The van der Waals surface area contributed by atoms with E-state index in [-0.39, 0.29) is 12.1 Å². The van der Waals surface area contributed by atoms with Gasteiger partial charge in [0.1, 0.15) is 0 Å². The van der Waals surface area contributed by atoms with E-state index in [9.17, 15) is 4.79 Å². The molecule has 3 N–H and O–H groups in total. The van der Waals surface area contributed by atoms with Crippen molar-refractivity contribution in [3.8, 4) is 0 Å². The fourth-order valence-electron chi connectivity index (χ4n) is 3.12. The van der Waals surface area contributed by atoms with Gasteiger partial charge in [-0.25, -0.2) is 4.79 Å². The second-order valence-electron chi connectivity index (χ2n) is 5.55. The topological polar surface area (TPSA) is 58.4 Å². The molecule has 1 aliphatic carbocycles. The summed E-state index contributed by atoms with van der Waals surface area (Å²) in [6.07, 6.45) is 5.50. The highest BCUT2D eigenvalue weighted by molar-refractivity contribution is 5.75. The Morgan fingerprint density at radius 2 is 2.05 bits per heavy atom. The molecule has 19 heavy (non-hydrogen) atoms. The van der Waals surface area contributed by atoms with E-state index >= 15 is 0 Å². The monoisotopic (exact) mass is 259 g/mol. The number of rotatable bonds is 1. The van der Waals surface area contributed by atoms with Gasteiger partial charge in [-0.05, 0) is 55.4 Å². The molecule has 3 rings (SSSR count). The number of likely N-dealkylation sites (tertiary alicyclic amines) is 1. The molecular formula is C15H21N3O. The standard InChI is InChI=1S/C15H21N3O/c16-12-5-6-13-11(10-12)4-7-14(13)17-15(19)18-8-2-1-3-9-18/h5-6,10,14H,1-4,7-9,16H2,(H,17,19). The quantitative estimate of drug-likeness (QED) is 0.761. The van der Waals surface area contributed by atoms with E-state index < -0.39 is 0 Å². The lowest BCUT2D eigenvalue weighted by atomic mass is 10.1. The Morgan fingerprint density at radius 1 is 1.26 bits per heavy atom. The minimum Gasteiger partial charge on any atom is -0.399 e. The van der Waals surface area contributed by atoms with E-state index in [0.717, 1.165) is 44.5 Å². The number of nitrogen functional groups attached to an aromatic ring is 1. The number of nitrogens with one attached hydrogen (secondary N) is 1. The maximum absolute atomic E-state index is 12.2. The Balaban J connectivity index is 1.67. The van der Waals surface area contributed by atoms with Crippen molar-refractivity contribution in [1.82, 2.24) is 10.2 Å².